The summed E-state index contributed by atoms with van der Waals surface area (Å²) in [5, 5.41) is 2.80. The third-order valence-electron chi connectivity index (χ3n) is 3.15. The molecule has 1 aromatic rings. The summed E-state index contributed by atoms with van der Waals surface area (Å²) >= 11 is 0. The lowest BCUT2D eigenvalue weighted by Crippen LogP contribution is -2.35. The molecule has 0 saturated carbocycles. The van der Waals surface area contributed by atoms with Gasteiger partial charge in [-0.25, -0.2) is 12.7 Å². The molecule has 0 spiro atoms. The molecule has 0 atom stereocenters. The summed E-state index contributed by atoms with van der Waals surface area (Å²) in [5.41, 5.74) is 1.02. The van der Waals surface area contributed by atoms with Gasteiger partial charge < -0.3 is 5.32 Å². The van der Waals surface area contributed by atoms with Gasteiger partial charge >= 0.3 is 0 Å². The van der Waals surface area contributed by atoms with Gasteiger partial charge in [-0.2, -0.15) is 0 Å². The van der Waals surface area contributed by atoms with E-state index < -0.39 is 10.0 Å². The molecule has 0 aromatic heterocycles. The lowest BCUT2D eigenvalue weighted by Gasteiger charge is -2.19. The van der Waals surface area contributed by atoms with E-state index in [2.05, 4.69) is 5.32 Å². The second-order valence-corrected chi connectivity index (χ2v) is 7.01. The molecule has 5 nitrogen and oxygen atoms in total. The molecule has 118 valence electrons. The van der Waals surface area contributed by atoms with Gasteiger partial charge in [0, 0.05) is 26.1 Å². The van der Waals surface area contributed by atoms with Gasteiger partial charge in [0.05, 0.1) is 6.26 Å². The maximum atomic E-state index is 11.8. The fourth-order valence-corrected chi connectivity index (χ4v) is 2.77. The Kier molecular flexibility index (Phi) is 7.39. The first-order valence-corrected chi connectivity index (χ1v) is 9.04. The predicted octanol–water partition coefficient (Wildman–Crippen LogP) is 1.75. The molecule has 1 aromatic carbocycles. The van der Waals surface area contributed by atoms with Gasteiger partial charge in [-0.3, -0.25) is 4.79 Å². The van der Waals surface area contributed by atoms with E-state index in [1.54, 1.807) is 0 Å². The van der Waals surface area contributed by atoms with Crippen LogP contribution in [0.1, 0.15) is 31.7 Å². The van der Waals surface area contributed by atoms with Crippen LogP contribution in [0.2, 0.25) is 0 Å². The highest BCUT2D eigenvalue weighted by Crippen LogP contribution is 2.03. The van der Waals surface area contributed by atoms with Gasteiger partial charge in [0.2, 0.25) is 15.9 Å². The Bertz CT molecular complexity index is 529. The Morgan fingerprint density at radius 2 is 1.86 bits per heavy atom. The smallest absolute Gasteiger partial charge is 0.221 e. The molecule has 0 saturated heterocycles. The monoisotopic (exact) mass is 312 g/mol. The highest BCUT2D eigenvalue weighted by molar-refractivity contribution is 7.88. The molecular formula is C15H24N2O3S. The van der Waals surface area contributed by atoms with Crippen molar-refractivity contribution in [2.24, 2.45) is 0 Å². The second-order valence-electron chi connectivity index (χ2n) is 5.03. The van der Waals surface area contributed by atoms with Crippen molar-refractivity contribution >= 4 is 15.9 Å². The highest BCUT2D eigenvalue weighted by atomic mass is 32.2. The van der Waals surface area contributed by atoms with Gasteiger partial charge in [-0.1, -0.05) is 43.7 Å². The van der Waals surface area contributed by atoms with E-state index in [9.17, 15) is 13.2 Å². The third-order valence-corrected chi connectivity index (χ3v) is 4.45. The normalized spacial score (nSPS) is 11.6. The summed E-state index contributed by atoms with van der Waals surface area (Å²) in [5.74, 6) is -0.135. The van der Waals surface area contributed by atoms with Gasteiger partial charge in [0.15, 0.2) is 0 Å². The van der Waals surface area contributed by atoms with Crippen LogP contribution < -0.4 is 5.32 Å². The molecule has 0 heterocycles. The first kappa shape index (κ1) is 17.7. The molecule has 6 heteroatoms. The second kappa shape index (κ2) is 8.79. The van der Waals surface area contributed by atoms with Crippen molar-refractivity contribution in [3.63, 3.8) is 0 Å². The van der Waals surface area contributed by atoms with Gasteiger partial charge in [0.25, 0.3) is 0 Å². The Labute approximate surface area is 127 Å². The van der Waals surface area contributed by atoms with Crippen molar-refractivity contribution in [1.82, 2.24) is 9.62 Å². The topological polar surface area (TPSA) is 66.5 Å². The molecule has 0 unspecified atom stereocenters. The Morgan fingerprint density at radius 1 is 1.19 bits per heavy atom. The van der Waals surface area contributed by atoms with Crippen LogP contribution in [0.5, 0.6) is 0 Å². The van der Waals surface area contributed by atoms with Gasteiger partial charge in [-0.15, -0.1) is 0 Å². The van der Waals surface area contributed by atoms with Crippen molar-refractivity contribution < 1.29 is 13.2 Å². The SMILES string of the molecule is CCCCN(CCC(=O)NCc1ccccc1)S(C)(=O)=O. The van der Waals surface area contributed by atoms with Crippen molar-refractivity contribution in [1.29, 1.82) is 0 Å². The van der Waals surface area contributed by atoms with E-state index >= 15 is 0 Å². The number of carbonyl (C=O) groups excluding carboxylic acids is 1. The van der Waals surface area contributed by atoms with Gasteiger partial charge in [-0.05, 0) is 12.0 Å². The van der Waals surface area contributed by atoms with Crippen LogP contribution in [0.15, 0.2) is 30.3 Å². The average Bonchev–Trinajstić information content (AvgIpc) is 2.45. The number of nitrogens with zero attached hydrogens (tertiary/aromatic N) is 1. The zero-order valence-electron chi connectivity index (χ0n) is 12.7. The van der Waals surface area contributed by atoms with Crippen molar-refractivity contribution in [2.75, 3.05) is 19.3 Å². The van der Waals surface area contributed by atoms with E-state index in [1.807, 2.05) is 37.3 Å². The molecule has 0 fully saturated rings. The van der Waals surface area contributed by atoms with Crippen LogP contribution in [-0.4, -0.2) is 38.0 Å². The summed E-state index contributed by atoms with van der Waals surface area (Å²) in [6, 6.07) is 9.62. The first-order chi connectivity index (χ1) is 9.93. The highest BCUT2D eigenvalue weighted by Gasteiger charge is 2.16. The number of amides is 1. The minimum atomic E-state index is -3.25. The molecule has 0 aliphatic carbocycles. The quantitative estimate of drug-likeness (QED) is 0.755. The number of unbranched alkanes of at least 4 members (excludes halogenated alkanes) is 1. The summed E-state index contributed by atoms with van der Waals surface area (Å²) in [4.78, 5) is 11.8. The minimum Gasteiger partial charge on any atom is -0.352 e. The van der Waals surface area contributed by atoms with Gasteiger partial charge in [0.1, 0.15) is 0 Å². The minimum absolute atomic E-state index is 0.135. The van der Waals surface area contributed by atoms with Crippen LogP contribution in [0.25, 0.3) is 0 Å². The van der Waals surface area contributed by atoms with Crippen LogP contribution >= 0.6 is 0 Å². The summed E-state index contributed by atoms with van der Waals surface area (Å²) in [6.45, 7) is 3.18. The third kappa shape index (κ3) is 7.24. The maximum Gasteiger partial charge on any atom is 0.221 e. The van der Waals surface area contributed by atoms with E-state index in [1.165, 1.54) is 10.6 Å². The summed E-state index contributed by atoms with van der Waals surface area (Å²) < 4.78 is 24.6. The van der Waals surface area contributed by atoms with E-state index in [0.29, 0.717) is 13.1 Å². The molecule has 0 aliphatic heterocycles. The van der Waals surface area contributed by atoms with Crippen molar-refractivity contribution in [3.05, 3.63) is 35.9 Å². The molecular weight excluding hydrogens is 288 g/mol. The fourth-order valence-electron chi connectivity index (χ4n) is 1.89. The number of benzene rings is 1. The number of carbonyl (C=O) groups is 1. The Morgan fingerprint density at radius 3 is 2.43 bits per heavy atom. The Hall–Kier alpha value is -1.40. The fraction of sp³-hybridized carbons (Fsp3) is 0.533. The molecule has 1 N–H and O–H groups in total. The first-order valence-electron chi connectivity index (χ1n) is 7.19. The number of rotatable bonds is 9. The predicted molar refractivity (Wildman–Crippen MR) is 84.2 cm³/mol. The lowest BCUT2D eigenvalue weighted by atomic mass is 10.2. The standard InChI is InChI=1S/C15H24N2O3S/c1-3-4-11-17(21(2,19)20)12-10-15(18)16-13-14-8-6-5-7-9-14/h5-9H,3-4,10-13H2,1-2H3,(H,16,18). The van der Waals surface area contributed by atoms with Crippen molar-refractivity contribution in [3.8, 4) is 0 Å². The number of hydrogen-bond donors (Lipinski definition) is 1. The zero-order chi connectivity index (χ0) is 15.7. The zero-order valence-corrected chi connectivity index (χ0v) is 13.5. The molecule has 0 radical (unpaired) electrons. The number of nitrogens with one attached hydrogen (secondary N) is 1. The van der Waals surface area contributed by atoms with E-state index in [-0.39, 0.29) is 18.9 Å². The molecule has 0 aliphatic rings. The molecule has 0 bridgehead atoms. The van der Waals surface area contributed by atoms with E-state index in [0.717, 1.165) is 18.4 Å². The lowest BCUT2D eigenvalue weighted by molar-refractivity contribution is -0.121. The average molecular weight is 312 g/mol. The molecule has 21 heavy (non-hydrogen) atoms. The van der Waals surface area contributed by atoms with Crippen LogP contribution in [0.3, 0.4) is 0 Å². The van der Waals surface area contributed by atoms with E-state index in [4.69, 9.17) is 0 Å². The Balaban J connectivity index is 2.39. The summed E-state index contributed by atoms with van der Waals surface area (Å²) in [6.07, 6.45) is 3.10. The van der Waals surface area contributed by atoms with Crippen LogP contribution in [0, 0.1) is 0 Å². The van der Waals surface area contributed by atoms with Crippen LogP contribution in [0.4, 0.5) is 0 Å². The van der Waals surface area contributed by atoms with Crippen molar-refractivity contribution in [2.45, 2.75) is 32.7 Å². The maximum absolute atomic E-state index is 11.8. The number of hydrogen-bond acceptors (Lipinski definition) is 3. The summed E-state index contributed by atoms with van der Waals surface area (Å²) in [7, 11) is -3.25. The molecule has 1 amide bonds. The van der Waals surface area contributed by atoms with Crippen LogP contribution in [-0.2, 0) is 21.4 Å². The largest absolute Gasteiger partial charge is 0.352 e. The molecule has 1 rings (SSSR count). The number of sulfonamides is 1.